The molecule has 3 aromatic rings. The van der Waals surface area contributed by atoms with Gasteiger partial charge in [0, 0.05) is 10.3 Å². The smallest absolute Gasteiger partial charge is 0.338 e. The highest BCUT2D eigenvalue weighted by atomic mass is 32.1. The highest BCUT2D eigenvalue weighted by molar-refractivity contribution is 7.10. The quantitative estimate of drug-likeness (QED) is 0.559. The van der Waals surface area contributed by atoms with E-state index in [9.17, 15) is 9.59 Å². The van der Waals surface area contributed by atoms with Crippen molar-refractivity contribution < 1.29 is 19.1 Å². The summed E-state index contributed by atoms with van der Waals surface area (Å²) in [5, 5.41) is 7.69. The van der Waals surface area contributed by atoms with Gasteiger partial charge in [-0.3, -0.25) is 4.79 Å². The number of carbonyl (C=O) groups excluding carboxylic acids is 2. The van der Waals surface area contributed by atoms with Crippen LogP contribution in [0.1, 0.15) is 38.9 Å². The number of nitrogens with zero attached hydrogens (tertiary/aromatic N) is 1. The van der Waals surface area contributed by atoms with Crippen molar-refractivity contribution in [1.82, 2.24) is 10.3 Å². The van der Waals surface area contributed by atoms with E-state index < -0.39 is 5.97 Å². The lowest BCUT2D eigenvalue weighted by atomic mass is 10.2. The molecule has 0 bridgehead atoms. The molecule has 8 heteroatoms. The Morgan fingerprint density at radius 3 is 2.61 bits per heavy atom. The monoisotopic (exact) mass is 416 g/mol. The van der Waals surface area contributed by atoms with E-state index in [-0.39, 0.29) is 18.6 Å². The number of amides is 1. The predicted molar refractivity (Wildman–Crippen MR) is 109 cm³/mol. The van der Waals surface area contributed by atoms with Crippen LogP contribution in [0, 0.1) is 6.92 Å². The third-order valence-corrected chi connectivity index (χ3v) is 5.70. The van der Waals surface area contributed by atoms with Gasteiger partial charge in [0.2, 0.25) is 0 Å². The fourth-order valence-electron chi connectivity index (χ4n) is 2.43. The van der Waals surface area contributed by atoms with Crippen LogP contribution in [0.25, 0.3) is 0 Å². The van der Waals surface area contributed by atoms with E-state index in [4.69, 9.17) is 9.47 Å². The number of thiophene rings is 1. The summed E-state index contributed by atoms with van der Waals surface area (Å²) in [6.45, 7) is 3.88. The van der Waals surface area contributed by atoms with E-state index in [1.54, 1.807) is 46.9 Å². The fourth-order valence-corrected chi connectivity index (χ4v) is 3.76. The van der Waals surface area contributed by atoms with Gasteiger partial charge in [-0.1, -0.05) is 6.07 Å². The molecule has 0 aliphatic rings. The molecule has 2 aromatic heterocycles. The van der Waals surface area contributed by atoms with Crippen LogP contribution in [0.15, 0.2) is 47.2 Å². The number of ether oxygens (including phenoxy) is 2. The summed E-state index contributed by atoms with van der Waals surface area (Å²) in [4.78, 5) is 29.4. The Morgan fingerprint density at radius 1 is 1.18 bits per heavy atom. The molecule has 0 fully saturated rings. The van der Waals surface area contributed by atoms with E-state index in [0.29, 0.717) is 17.9 Å². The summed E-state index contributed by atoms with van der Waals surface area (Å²) >= 11 is 3.13. The highest BCUT2D eigenvalue weighted by Gasteiger charge is 2.14. The molecule has 1 amide bonds. The summed E-state index contributed by atoms with van der Waals surface area (Å²) < 4.78 is 10.7. The van der Waals surface area contributed by atoms with Crippen molar-refractivity contribution in [3.63, 3.8) is 0 Å². The van der Waals surface area contributed by atoms with Crippen molar-refractivity contribution in [2.45, 2.75) is 26.5 Å². The molecule has 0 saturated carbocycles. The molecule has 0 saturated heterocycles. The molecule has 3 rings (SSSR count). The van der Waals surface area contributed by atoms with Gasteiger partial charge in [0.25, 0.3) is 5.91 Å². The lowest BCUT2D eigenvalue weighted by molar-refractivity contribution is -0.124. The van der Waals surface area contributed by atoms with Gasteiger partial charge in [0.15, 0.2) is 6.61 Å². The molecular weight excluding hydrogens is 396 g/mol. The average molecular weight is 417 g/mol. The maximum atomic E-state index is 12.1. The number of esters is 1. The number of rotatable bonds is 8. The number of nitrogens with one attached hydrogen (secondary N) is 1. The Kier molecular flexibility index (Phi) is 6.78. The SMILES string of the molecule is Cc1nc(COc2ccc(C(=O)OCC(=O)N[C@@H](C)c3cccs3)cc2)cs1. The number of benzene rings is 1. The third-order valence-electron chi connectivity index (χ3n) is 3.83. The van der Waals surface area contributed by atoms with Gasteiger partial charge in [0.05, 0.1) is 22.3 Å². The Labute approximate surface area is 171 Å². The lowest BCUT2D eigenvalue weighted by Crippen LogP contribution is -2.30. The van der Waals surface area contributed by atoms with Crippen LogP contribution in [0.3, 0.4) is 0 Å². The first-order valence-corrected chi connectivity index (χ1v) is 10.4. The second kappa shape index (κ2) is 9.48. The van der Waals surface area contributed by atoms with Crippen LogP contribution in [0.4, 0.5) is 0 Å². The zero-order valence-electron chi connectivity index (χ0n) is 15.5. The molecule has 1 aromatic carbocycles. The summed E-state index contributed by atoms with van der Waals surface area (Å²) in [5.41, 5.74) is 1.23. The normalized spacial score (nSPS) is 11.6. The van der Waals surface area contributed by atoms with Crippen LogP contribution < -0.4 is 10.1 Å². The van der Waals surface area contributed by atoms with Gasteiger partial charge >= 0.3 is 5.97 Å². The van der Waals surface area contributed by atoms with Crippen molar-refractivity contribution in [3.8, 4) is 5.75 Å². The first kappa shape index (κ1) is 20.0. The molecule has 146 valence electrons. The molecule has 0 spiro atoms. The number of hydrogen-bond donors (Lipinski definition) is 1. The predicted octanol–water partition coefficient (Wildman–Crippen LogP) is 4.13. The second-order valence-electron chi connectivity index (χ2n) is 6.05. The third kappa shape index (κ3) is 5.64. The van der Waals surface area contributed by atoms with Crippen LogP contribution in [0.5, 0.6) is 5.75 Å². The Balaban J connectivity index is 1.44. The van der Waals surface area contributed by atoms with Crippen LogP contribution in [0.2, 0.25) is 0 Å². The maximum absolute atomic E-state index is 12.1. The minimum Gasteiger partial charge on any atom is -0.487 e. The molecule has 6 nitrogen and oxygen atoms in total. The zero-order chi connectivity index (χ0) is 19.9. The minimum absolute atomic E-state index is 0.121. The van der Waals surface area contributed by atoms with Gasteiger partial charge in [-0.2, -0.15) is 0 Å². The molecule has 0 aliphatic carbocycles. The number of thiazole rings is 1. The molecule has 1 N–H and O–H groups in total. The molecule has 28 heavy (non-hydrogen) atoms. The lowest BCUT2D eigenvalue weighted by Gasteiger charge is -2.12. The topological polar surface area (TPSA) is 77.5 Å². The van der Waals surface area contributed by atoms with Gasteiger partial charge in [-0.15, -0.1) is 22.7 Å². The van der Waals surface area contributed by atoms with Gasteiger partial charge in [-0.05, 0) is 49.6 Å². The van der Waals surface area contributed by atoms with Gasteiger partial charge < -0.3 is 14.8 Å². The minimum atomic E-state index is -0.555. The summed E-state index contributed by atoms with van der Waals surface area (Å²) in [7, 11) is 0. The van der Waals surface area contributed by atoms with E-state index in [1.807, 2.05) is 36.7 Å². The van der Waals surface area contributed by atoms with Gasteiger partial charge in [0.1, 0.15) is 12.4 Å². The Hall–Kier alpha value is -2.71. The largest absolute Gasteiger partial charge is 0.487 e. The van der Waals surface area contributed by atoms with Crippen molar-refractivity contribution in [1.29, 1.82) is 0 Å². The van der Waals surface area contributed by atoms with Crippen LogP contribution in [-0.4, -0.2) is 23.5 Å². The summed E-state index contributed by atoms with van der Waals surface area (Å²) in [5.74, 6) is -0.266. The summed E-state index contributed by atoms with van der Waals surface area (Å²) in [6.07, 6.45) is 0. The Morgan fingerprint density at radius 2 is 1.96 bits per heavy atom. The number of aryl methyl sites for hydroxylation is 1. The fraction of sp³-hybridized carbons (Fsp3) is 0.250. The van der Waals surface area contributed by atoms with E-state index in [0.717, 1.165) is 15.6 Å². The van der Waals surface area contributed by atoms with Gasteiger partial charge in [-0.25, -0.2) is 9.78 Å². The van der Waals surface area contributed by atoms with E-state index in [2.05, 4.69) is 10.3 Å². The maximum Gasteiger partial charge on any atom is 0.338 e. The van der Waals surface area contributed by atoms with E-state index >= 15 is 0 Å². The van der Waals surface area contributed by atoms with E-state index in [1.165, 1.54) is 0 Å². The number of carbonyl (C=O) groups is 2. The molecule has 0 radical (unpaired) electrons. The number of aromatic nitrogens is 1. The molecule has 1 atom stereocenters. The van der Waals surface area contributed by atoms with Crippen molar-refractivity contribution in [2.24, 2.45) is 0 Å². The zero-order valence-corrected chi connectivity index (χ0v) is 17.1. The number of hydrogen-bond acceptors (Lipinski definition) is 7. The summed E-state index contributed by atoms with van der Waals surface area (Å²) in [6, 6.07) is 10.3. The van der Waals surface area contributed by atoms with Crippen LogP contribution >= 0.6 is 22.7 Å². The first-order valence-electron chi connectivity index (χ1n) is 8.65. The van der Waals surface area contributed by atoms with Crippen molar-refractivity contribution in [2.75, 3.05) is 6.61 Å². The van der Waals surface area contributed by atoms with Crippen molar-refractivity contribution in [3.05, 3.63) is 68.3 Å². The standard InChI is InChI=1S/C20H20N2O4S2/c1-13(18-4-3-9-27-18)21-19(23)11-26-20(24)15-5-7-17(8-6-15)25-10-16-12-28-14(2)22-16/h3-9,12-13H,10-11H2,1-2H3,(H,21,23)/t13-/m0/s1. The highest BCUT2D eigenvalue weighted by Crippen LogP contribution is 2.18. The van der Waals surface area contributed by atoms with Crippen molar-refractivity contribution >= 4 is 34.6 Å². The second-order valence-corrected chi connectivity index (χ2v) is 8.09. The van der Waals surface area contributed by atoms with Crippen LogP contribution in [-0.2, 0) is 16.1 Å². The Bertz CT molecular complexity index is 920. The molecule has 0 unspecified atom stereocenters. The average Bonchev–Trinajstić information content (AvgIpc) is 3.37. The first-order chi connectivity index (χ1) is 13.5. The molecular formula is C20H20N2O4S2. The molecule has 0 aliphatic heterocycles. The molecule has 2 heterocycles.